The molecule has 2 heterocycles. The Balaban J connectivity index is 2.21. The maximum Gasteiger partial charge on any atom is 0.244 e. The molecule has 0 radical (unpaired) electrons. The molecular weight excluding hydrogens is 332 g/mol. The second-order valence-corrected chi connectivity index (χ2v) is 7.58. The van der Waals surface area contributed by atoms with Crippen LogP contribution in [0.4, 0.5) is 5.82 Å². The quantitative estimate of drug-likeness (QED) is 0.743. The summed E-state index contributed by atoms with van der Waals surface area (Å²) in [5, 5.41) is 0. The van der Waals surface area contributed by atoms with E-state index >= 15 is 0 Å². The molecule has 24 heavy (non-hydrogen) atoms. The smallest absolute Gasteiger partial charge is 0.244 e. The normalized spacial score (nSPS) is 16.1. The van der Waals surface area contributed by atoms with Crippen LogP contribution in [-0.4, -0.2) is 70.1 Å². The lowest BCUT2D eigenvalue weighted by Crippen LogP contribution is -2.51. The van der Waals surface area contributed by atoms with E-state index in [0.717, 1.165) is 0 Å². The number of hydrogen-bond donors (Lipinski definition) is 1. The molecule has 1 aromatic heterocycles. The number of carbonyl (C=O) groups is 1. The molecule has 1 aliphatic rings. The molecule has 1 fully saturated rings. The maximum absolute atomic E-state index is 12.5. The van der Waals surface area contributed by atoms with Crippen LogP contribution in [0, 0.1) is 0 Å². The van der Waals surface area contributed by atoms with Gasteiger partial charge in [0.15, 0.2) is 0 Å². The number of methoxy groups -OCH3 is 1. The largest absolute Gasteiger partial charge is 0.383 e. The van der Waals surface area contributed by atoms with Crippen molar-refractivity contribution in [2.75, 3.05) is 44.8 Å². The zero-order chi connectivity index (χ0) is 17.7. The van der Waals surface area contributed by atoms with Crippen LogP contribution in [0.25, 0.3) is 0 Å². The van der Waals surface area contributed by atoms with Crippen molar-refractivity contribution in [2.24, 2.45) is 0 Å². The van der Waals surface area contributed by atoms with E-state index in [9.17, 15) is 13.2 Å². The Morgan fingerprint density at radius 1 is 1.38 bits per heavy atom. The molecule has 2 rings (SSSR count). The summed E-state index contributed by atoms with van der Waals surface area (Å²) >= 11 is 0. The Morgan fingerprint density at radius 3 is 2.75 bits per heavy atom. The lowest BCUT2D eigenvalue weighted by molar-refractivity contribution is -0.131. The SMILES string of the molecule is COCCN1CCN(c2ncccc2S(=O)(=O)NC(C)C)CC1=O. The molecule has 0 saturated carbocycles. The highest BCUT2D eigenvalue weighted by Gasteiger charge is 2.29. The minimum Gasteiger partial charge on any atom is -0.383 e. The highest BCUT2D eigenvalue weighted by Crippen LogP contribution is 2.23. The summed E-state index contributed by atoms with van der Waals surface area (Å²) in [5.41, 5.74) is 0. The van der Waals surface area contributed by atoms with Gasteiger partial charge < -0.3 is 14.5 Å². The first-order valence-electron chi connectivity index (χ1n) is 7.84. The van der Waals surface area contributed by atoms with Crippen molar-refractivity contribution in [1.82, 2.24) is 14.6 Å². The van der Waals surface area contributed by atoms with Crippen LogP contribution in [0.2, 0.25) is 0 Å². The average molecular weight is 356 g/mol. The van der Waals surface area contributed by atoms with Gasteiger partial charge in [-0.2, -0.15) is 0 Å². The fourth-order valence-corrected chi connectivity index (χ4v) is 3.96. The van der Waals surface area contributed by atoms with Gasteiger partial charge in [-0.3, -0.25) is 4.79 Å². The van der Waals surface area contributed by atoms with Crippen LogP contribution in [0.3, 0.4) is 0 Å². The van der Waals surface area contributed by atoms with E-state index in [4.69, 9.17) is 4.74 Å². The summed E-state index contributed by atoms with van der Waals surface area (Å²) in [4.78, 5) is 20.0. The number of hydrogen-bond acceptors (Lipinski definition) is 6. The summed E-state index contributed by atoms with van der Waals surface area (Å²) in [6.45, 7) is 5.66. The van der Waals surface area contributed by atoms with Crippen molar-refractivity contribution in [3.05, 3.63) is 18.3 Å². The van der Waals surface area contributed by atoms with E-state index in [-0.39, 0.29) is 23.4 Å². The Kier molecular flexibility index (Phi) is 6.14. The molecule has 1 saturated heterocycles. The molecule has 0 spiro atoms. The molecule has 1 amide bonds. The van der Waals surface area contributed by atoms with E-state index in [1.54, 1.807) is 36.8 Å². The van der Waals surface area contributed by atoms with Crippen LogP contribution in [0.1, 0.15) is 13.8 Å². The van der Waals surface area contributed by atoms with Crippen LogP contribution in [-0.2, 0) is 19.6 Å². The Morgan fingerprint density at radius 2 is 2.12 bits per heavy atom. The monoisotopic (exact) mass is 356 g/mol. The van der Waals surface area contributed by atoms with Gasteiger partial charge in [0.05, 0.1) is 13.2 Å². The molecule has 0 aliphatic carbocycles. The number of ether oxygens (including phenoxy) is 1. The van der Waals surface area contributed by atoms with Gasteiger partial charge in [0, 0.05) is 39.0 Å². The topological polar surface area (TPSA) is 91.8 Å². The molecule has 9 heteroatoms. The average Bonchev–Trinajstić information content (AvgIpc) is 2.52. The Labute approximate surface area is 142 Å². The Bertz CT molecular complexity index is 678. The summed E-state index contributed by atoms with van der Waals surface area (Å²) in [6, 6.07) is 2.86. The zero-order valence-electron chi connectivity index (χ0n) is 14.2. The number of sulfonamides is 1. The fraction of sp³-hybridized carbons (Fsp3) is 0.600. The second kappa shape index (κ2) is 7.91. The van der Waals surface area contributed by atoms with E-state index in [1.165, 1.54) is 12.3 Å². The summed E-state index contributed by atoms with van der Waals surface area (Å²) in [6.07, 6.45) is 1.53. The van der Waals surface area contributed by atoms with Crippen molar-refractivity contribution < 1.29 is 17.9 Å². The van der Waals surface area contributed by atoms with E-state index < -0.39 is 10.0 Å². The third-order valence-electron chi connectivity index (χ3n) is 3.61. The third-order valence-corrected chi connectivity index (χ3v) is 5.29. The Hall–Kier alpha value is -1.71. The maximum atomic E-state index is 12.5. The van der Waals surface area contributed by atoms with Crippen LogP contribution >= 0.6 is 0 Å². The van der Waals surface area contributed by atoms with Gasteiger partial charge in [0.2, 0.25) is 15.9 Å². The molecule has 0 atom stereocenters. The molecule has 0 unspecified atom stereocenters. The van der Waals surface area contributed by atoms with E-state index in [2.05, 4.69) is 9.71 Å². The number of aromatic nitrogens is 1. The number of nitrogens with zero attached hydrogens (tertiary/aromatic N) is 3. The predicted molar refractivity (Wildman–Crippen MR) is 90.4 cm³/mol. The first kappa shape index (κ1) is 18.6. The predicted octanol–water partition coefficient (Wildman–Crippen LogP) is 0.0633. The highest BCUT2D eigenvalue weighted by atomic mass is 32.2. The molecule has 134 valence electrons. The second-order valence-electron chi connectivity index (χ2n) is 5.90. The minimum absolute atomic E-state index is 0.0656. The number of anilines is 1. The van der Waals surface area contributed by atoms with E-state index in [1.807, 2.05) is 0 Å². The molecular formula is C15H24N4O4S. The fourth-order valence-electron chi connectivity index (χ4n) is 2.53. The van der Waals surface area contributed by atoms with E-state index in [0.29, 0.717) is 32.1 Å². The van der Waals surface area contributed by atoms with Crippen molar-refractivity contribution in [3.63, 3.8) is 0 Å². The van der Waals surface area contributed by atoms with Gasteiger partial charge in [-0.15, -0.1) is 0 Å². The standard InChI is InChI=1S/C15H24N4O4S/c1-12(2)17-24(21,22)13-5-4-6-16-15(13)19-8-7-18(9-10-23-3)14(20)11-19/h4-6,12,17H,7-11H2,1-3H3. The van der Waals surface area contributed by atoms with Gasteiger partial charge in [0.1, 0.15) is 10.7 Å². The van der Waals surface area contributed by atoms with Crippen molar-refractivity contribution in [1.29, 1.82) is 0 Å². The molecule has 1 aromatic rings. The minimum atomic E-state index is -3.68. The lowest BCUT2D eigenvalue weighted by Gasteiger charge is -2.35. The van der Waals surface area contributed by atoms with Crippen LogP contribution in [0.5, 0.6) is 0 Å². The molecule has 0 aromatic carbocycles. The highest BCUT2D eigenvalue weighted by molar-refractivity contribution is 7.89. The molecule has 1 N–H and O–H groups in total. The molecule has 0 bridgehead atoms. The number of amides is 1. The number of carbonyl (C=O) groups excluding carboxylic acids is 1. The number of nitrogens with one attached hydrogen (secondary N) is 1. The number of piperazine rings is 1. The van der Waals surface area contributed by atoms with Crippen molar-refractivity contribution >= 4 is 21.7 Å². The van der Waals surface area contributed by atoms with Gasteiger partial charge >= 0.3 is 0 Å². The van der Waals surface area contributed by atoms with Crippen LogP contribution < -0.4 is 9.62 Å². The first-order valence-corrected chi connectivity index (χ1v) is 9.32. The molecule has 1 aliphatic heterocycles. The van der Waals surface area contributed by atoms with Gasteiger partial charge in [-0.05, 0) is 26.0 Å². The van der Waals surface area contributed by atoms with Crippen molar-refractivity contribution in [2.45, 2.75) is 24.8 Å². The third kappa shape index (κ3) is 4.43. The summed E-state index contributed by atoms with van der Waals surface area (Å²) in [7, 11) is -2.09. The summed E-state index contributed by atoms with van der Waals surface area (Å²) in [5.74, 6) is 0.245. The summed E-state index contributed by atoms with van der Waals surface area (Å²) < 4.78 is 32.6. The zero-order valence-corrected chi connectivity index (χ0v) is 15.0. The number of pyridine rings is 1. The molecule has 8 nitrogen and oxygen atoms in total. The number of rotatable bonds is 7. The van der Waals surface area contributed by atoms with Gasteiger partial charge in [-0.1, -0.05) is 0 Å². The lowest BCUT2D eigenvalue weighted by atomic mass is 10.3. The van der Waals surface area contributed by atoms with Gasteiger partial charge in [0.25, 0.3) is 0 Å². The van der Waals surface area contributed by atoms with Crippen LogP contribution in [0.15, 0.2) is 23.2 Å². The van der Waals surface area contributed by atoms with Crippen molar-refractivity contribution in [3.8, 4) is 0 Å². The first-order chi connectivity index (χ1) is 11.3. The van der Waals surface area contributed by atoms with Gasteiger partial charge in [-0.25, -0.2) is 18.1 Å².